The molecule has 1 aromatic heterocycles. The zero-order valence-corrected chi connectivity index (χ0v) is 19.9. The Balaban J connectivity index is 1.62. The van der Waals surface area contributed by atoms with Crippen molar-refractivity contribution in [3.05, 3.63) is 64.2 Å². The molecule has 0 bridgehead atoms. The monoisotopic (exact) mass is 453 g/mol. The number of ether oxygens (including phenoxy) is 1. The minimum atomic E-state index is -0.447. The number of para-hydroxylation sites is 1. The van der Waals surface area contributed by atoms with Gasteiger partial charge in [-0.15, -0.1) is 0 Å². The molecule has 0 spiro atoms. The van der Waals surface area contributed by atoms with Gasteiger partial charge in [0.05, 0.1) is 17.0 Å². The second kappa shape index (κ2) is 14.0. The maximum atomic E-state index is 11.7. The second-order valence-electron chi connectivity index (χ2n) is 8.60. The Labute approximate surface area is 196 Å². The number of unbranched alkanes of at least 4 members (excludes halogenated alkanes) is 5. The van der Waals surface area contributed by atoms with Crippen molar-refractivity contribution in [1.82, 2.24) is 10.3 Å². The van der Waals surface area contributed by atoms with Gasteiger partial charge in [-0.05, 0) is 43.7 Å². The maximum absolute atomic E-state index is 11.7. The van der Waals surface area contributed by atoms with Crippen LogP contribution in [0.1, 0.15) is 59.3 Å². The molecule has 178 valence electrons. The van der Waals surface area contributed by atoms with Gasteiger partial charge in [-0.1, -0.05) is 63.5 Å². The summed E-state index contributed by atoms with van der Waals surface area (Å²) >= 11 is 0. The number of amides is 1. The van der Waals surface area contributed by atoms with Gasteiger partial charge in [0.15, 0.2) is 0 Å². The fraction of sp³-hybridized carbons (Fsp3) is 0.462. The van der Waals surface area contributed by atoms with Crippen molar-refractivity contribution in [3.63, 3.8) is 0 Å². The van der Waals surface area contributed by atoms with E-state index in [9.17, 15) is 14.9 Å². The smallest absolute Gasteiger partial charge is 0.331 e. The number of benzene rings is 1. The Morgan fingerprint density at radius 2 is 1.91 bits per heavy atom. The number of hydrogen-bond donors (Lipinski definition) is 1. The quantitative estimate of drug-likeness (QED) is 0.122. The number of pyridine rings is 1. The topological polar surface area (TPSA) is 94.4 Å². The summed E-state index contributed by atoms with van der Waals surface area (Å²) in [4.78, 5) is 26.9. The molecule has 0 aliphatic heterocycles. The molecular weight excluding hydrogens is 418 g/mol. The van der Waals surface area contributed by atoms with Crippen LogP contribution in [0.5, 0.6) is 5.88 Å². The number of aromatic nitrogens is 1. The van der Waals surface area contributed by atoms with Gasteiger partial charge >= 0.3 is 5.69 Å². The number of nitro groups is 1. The van der Waals surface area contributed by atoms with Crippen LogP contribution in [0.2, 0.25) is 0 Å². The maximum Gasteiger partial charge on any atom is 0.331 e. The Hall–Kier alpha value is -3.22. The van der Waals surface area contributed by atoms with E-state index in [-0.39, 0.29) is 17.5 Å². The molecule has 33 heavy (non-hydrogen) atoms. The predicted octanol–water partition coefficient (Wildman–Crippen LogP) is 6.14. The number of fused-ring (bicyclic) bond motifs is 1. The van der Waals surface area contributed by atoms with Gasteiger partial charge in [-0.2, -0.15) is 0 Å². The van der Waals surface area contributed by atoms with Crippen LogP contribution in [0.15, 0.2) is 54.1 Å². The second-order valence-corrected chi connectivity index (χ2v) is 8.60. The molecule has 0 fully saturated rings. The highest BCUT2D eigenvalue weighted by molar-refractivity contribution is 5.88. The van der Waals surface area contributed by atoms with Crippen LogP contribution in [0.3, 0.4) is 0 Å². The lowest BCUT2D eigenvalue weighted by Crippen LogP contribution is -2.25. The highest BCUT2D eigenvalue weighted by Gasteiger charge is 2.18. The molecular formula is C26H35N3O4. The molecule has 1 aromatic carbocycles. The van der Waals surface area contributed by atoms with Crippen molar-refractivity contribution in [1.29, 1.82) is 0 Å². The molecule has 1 amide bonds. The fourth-order valence-electron chi connectivity index (χ4n) is 3.27. The molecule has 0 atom stereocenters. The number of carbonyl (C=O) groups is 1. The van der Waals surface area contributed by atoms with E-state index >= 15 is 0 Å². The zero-order valence-electron chi connectivity index (χ0n) is 19.9. The standard InChI is InChI=1S/C26H35N3O4/c1-20(2)19-27-25(30)17-21(3)13-9-7-5-4-6-8-12-16-33-26-24(29(31)32)18-22-14-10-11-15-23(22)28-26/h9-11,13-15,17-18,20H,4-8,12,16,19H2,1-3H3,(H,27,30)/b13-9+,21-17+. The highest BCUT2D eigenvalue weighted by Crippen LogP contribution is 2.29. The lowest BCUT2D eigenvalue weighted by Gasteiger charge is -2.07. The van der Waals surface area contributed by atoms with Gasteiger partial charge in [0.1, 0.15) is 0 Å². The molecule has 0 aliphatic carbocycles. The van der Waals surface area contributed by atoms with E-state index in [2.05, 4.69) is 30.2 Å². The number of rotatable bonds is 14. The summed E-state index contributed by atoms with van der Waals surface area (Å²) < 4.78 is 5.64. The lowest BCUT2D eigenvalue weighted by molar-refractivity contribution is -0.386. The highest BCUT2D eigenvalue weighted by atomic mass is 16.6. The van der Waals surface area contributed by atoms with Gasteiger partial charge in [-0.25, -0.2) is 4.98 Å². The van der Waals surface area contributed by atoms with E-state index in [1.807, 2.05) is 31.2 Å². The van der Waals surface area contributed by atoms with E-state index in [1.165, 1.54) is 6.07 Å². The van der Waals surface area contributed by atoms with Crippen molar-refractivity contribution >= 4 is 22.5 Å². The molecule has 2 rings (SSSR count). The fourth-order valence-corrected chi connectivity index (χ4v) is 3.27. The molecule has 0 saturated heterocycles. The van der Waals surface area contributed by atoms with E-state index in [4.69, 9.17) is 4.74 Å². The normalized spacial score (nSPS) is 11.9. The third kappa shape index (κ3) is 9.85. The molecule has 0 saturated carbocycles. The van der Waals surface area contributed by atoms with Gasteiger partial charge in [0.25, 0.3) is 5.88 Å². The summed E-state index contributed by atoms with van der Waals surface area (Å²) in [6, 6.07) is 8.81. The molecule has 7 heteroatoms. The Kier molecular flexibility index (Phi) is 11.1. The van der Waals surface area contributed by atoms with Crippen LogP contribution in [-0.2, 0) is 4.79 Å². The van der Waals surface area contributed by atoms with Crippen LogP contribution in [-0.4, -0.2) is 29.0 Å². The molecule has 1 N–H and O–H groups in total. The third-order valence-corrected chi connectivity index (χ3v) is 5.04. The van der Waals surface area contributed by atoms with Gasteiger partial charge in [0.2, 0.25) is 5.91 Å². The van der Waals surface area contributed by atoms with Crippen LogP contribution in [0.4, 0.5) is 5.69 Å². The molecule has 0 unspecified atom stereocenters. The molecule has 7 nitrogen and oxygen atoms in total. The van der Waals surface area contributed by atoms with Crippen LogP contribution in [0.25, 0.3) is 10.9 Å². The molecule has 0 aliphatic rings. The Bertz CT molecular complexity index is 983. The van der Waals surface area contributed by atoms with E-state index in [0.29, 0.717) is 24.6 Å². The van der Waals surface area contributed by atoms with Crippen LogP contribution >= 0.6 is 0 Å². The average Bonchev–Trinajstić information content (AvgIpc) is 2.78. The number of nitrogens with zero attached hydrogens (tertiary/aromatic N) is 2. The zero-order chi connectivity index (χ0) is 24.1. The number of nitrogens with one attached hydrogen (secondary N) is 1. The molecule has 1 heterocycles. The summed E-state index contributed by atoms with van der Waals surface area (Å²) in [5.41, 5.74) is 1.54. The minimum absolute atomic E-state index is 0.0442. The summed E-state index contributed by atoms with van der Waals surface area (Å²) in [5, 5.41) is 14.9. The molecule has 2 aromatic rings. The van der Waals surface area contributed by atoms with Gasteiger partial charge < -0.3 is 10.1 Å². The summed E-state index contributed by atoms with van der Waals surface area (Å²) in [6.07, 6.45) is 11.8. The first-order valence-electron chi connectivity index (χ1n) is 11.7. The molecule has 0 radical (unpaired) electrons. The lowest BCUT2D eigenvalue weighted by atomic mass is 10.1. The van der Waals surface area contributed by atoms with Gasteiger partial charge in [-0.3, -0.25) is 14.9 Å². The van der Waals surface area contributed by atoms with Crippen molar-refractivity contribution in [3.8, 4) is 5.88 Å². The van der Waals surface area contributed by atoms with Crippen molar-refractivity contribution < 1.29 is 14.5 Å². The Morgan fingerprint density at radius 1 is 1.18 bits per heavy atom. The minimum Gasteiger partial charge on any atom is -0.473 e. The summed E-state index contributed by atoms with van der Waals surface area (Å²) in [7, 11) is 0. The predicted molar refractivity (Wildman–Crippen MR) is 132 cm³/mol. The van der Waals surface area contributed by atoms with Crippen molar-refractivity contribution in [2.45, 2.75) is 59.3 Å². The number of allylic oxidation sites excluding steroid dienone is 3. The van der Waals surface area contributed by atoms with Gasteiger partial charge in [0, 0.05) is 24.1 Å². The Morgan fingerprint density at radius 3 is 2.67 bits per heavy atom. The number of carbonyl (C=O) groups excluding carboxylic acids is 1. The van der Waals surface area contributed by atoms with Crippen LogP contribution in [0, 0.1) is 16.0 Å². The van der Waals surface area contributed by atoms with E-state index < -0.39 is 4.92 Å². The third-order valence-electron chi connectivity index (χ3n) is 5.04. The average molecular weight is 454 g/mol. The van der Waals surface area contributed by atoms with Crippen molar-refractivity contribution in [2.75, 3.05) is 13.2 Å². The van der Waals surface area contributed by atoms with Crippen molar-refractivity contribution in [2.24, 2.45) is 5.92 Å². The number of hydrogen-bond acceptors (Lipinski definition) is 5. The summed E-state index contributed by atoms with van der Waals surface area (Å²) in [5.74, 6) is 0.487. The SMILES string of the molecule is CC(/C=C/CCCCCCCOc1nc2ccccc2cc1[N+](=O)[O-])=C\C(=O)NCC(C)C. The van der Waals surface area contributed by atoms with E-state index in [1.54, 1.807) is 12.1 Å². The first-order chi connectivity index (χ1) is 15.9. The first-order valence-corrected chi connectivity index (χ1v) is 11.7. The first kappa shape index (κ1) is 26.0. The van der Waals surface area contributed by atoms with Crippen LogP contribution < -0.4 is 10.1 Å². The van der Waals surface area contributed by atoms with E-state index in [0.717, 1.165) is 49.5 Å². The largest absolute Gasteiger partial charge is 0.473 e. The summed E-state index contributed by atoms with van der Waals surface area (Å²) in [6.45, 7) is 7.16.